The number of nitrogens with two attached hydrogens (primary N) is 1. The molecule has 0 aliphatic rings. The first-order valence-corrected chi connectivity index (χ1v) is 4.95. The Morgan fingerprint density at radius 1 is 1.44 bits per heavy atom. The molecular formula is C10H14N4O2. The zero-order valence-electron chi connectivity index (χ0n) is 8.99. The first-order valence-electron chi connectivity index (χ1n) is 4.95. The van der Waals surface area contributed by atoms with Crippen LogP contribution in [0.4, 0.5) is 10.6 Å². The van der Waals surface area contributed by atoms with Gasteiger partial charge in [-0.25, -0.2) is 9.78 Å². The molecule has 4 N–H and O–H groups in total. The smallest absolute Gasteiger partial charge is 0.320 e. The van der Waals surface area contributed by atoms with Crippen molar-refractivity contribution < 1.29 is 9.59 Å². The summed E-state index contributed by atoms with van der Waals surface area (Å²) in [6.45, 7) is 2.54. The van der Waals surface area contributed by atoms with E-state index in [1.165, 1.54) is 6.07 Å². The van der Waals surface area contributed by atoms with Gasteiger partial charge in [0.1, 0.15) is 11.5 Å². The molecule has 86 valence electrons. The summed E-state index contributed by atoms with van der Waals surface area (Å²) >= 11 is 0. The molecule has 0 fully saturated rings. The molecule has 0 radical (unpaired) electrons. The van der Waals surface area contributed by atoms with Crippen molar-refractivity contribution >= 4 is 17.8 Å². The lowest BCUT2D eigenvalue weighted by molar-refractivity contribution is 0.0995. The van der Waals surface area contributed by atoms with Crippen LogP contribution < -0.4 is 16.4 Å². The summed E-state index contributed by atoms with van der Waals surface area (Å²) in [5.41, 5.74) is 5.18. The average molecular weight is 222 g/mol. The molecular weight excluding hydrogens is 208 g/mol. The fraction of sp³-hybridized carbons (Fsp3) is 0.300. The number of carbonyl (C=O) groups is 2. The van der Waals surface area contributed by atoms with E-state index >= 15 is 0 Å². The molecule has 0 atom stereocenters. The highest BCUT2D eigenvalue weighted by atomic mass is 16.2. The summed E-state index contributed by atoms with van der Waals surface area (Å²) in [5.74, 6) is -0.331. The van der Waals surface area contributed by atoms with E-state index in [2.05, 4.69) is 15.6 Å². The Bertz CT molecular complexity index is 392. The predicted octanol–water partition coefficient (Wildman–Crippen LogP) is 0.712. The van der Waals surface area contributed by atoms with Gasteiger partial charge in [0.15, 0.2) is 0 Å². The average Bonchev–Trinajstić information content (AvgIpc) is 2.26. The normalized spacial score (nSPS) is 9.56. The fourth-order valence-electron chi connectivity index (χ4n) is 1.04. The third-order valence-electron chi connectivity index (χ3n) is 1.78. The molecule has 6 heteroatoms. The number of hydrogen-bond donors (Lipinski definition) is 3. The maximum atomic E-state index is 11.3. The van der Waals surface area contributed by atoms with E-state index in [-0.39, 0.29) is 11.7 Å². The first-order chi connectivity index (χ1) is 7.63. The minimum absolute atomic E-state index is 0.119. The van der Waals surface area contributed by atoms with Crippen LogP contribution in [0.25, 0.3) is 0 Å². The largest absolute Gasteiger partial charge is 0.364 e. The topological polar surface area (TPSA) is 97.1 Å². The van der Waals surface area contributed by atoms with E-state index in [1.807, 2.05) is 6.92 Å². The molecule has 1 aromatic heterocycles. The van der Waals surface area contributed by atoms with E-state index in [0.717, 1.165) is 6.42 Å². The van der Waals surface area contributed by atoms with Crippen molar-refractivity contribution in [2.24, 2.45) is 5.73 Å². The summed E-state index contributed by atoms with van der Waals surface area (Å²) in [4.78, 5) is 26.0. The number of nitrogens with zero attached hydrogens (tertiary/aromatic N) is 1. The number of pyridine rings is 1. The van der Waals surface area contributed by atoms with E-state index in [0.29, 0.717) is 12.4 Å². The number of carbonyl (C=O) groups excluding carboxylic acids is 2. The number of urea groups is 1. The fourth-order valence-corrected chi connectivity index (χ4v) is 1.04. The van der Waals surface area contributed by atoms with Crippen molar-refractivity contribution in [3.05, 3.63) is 23.9 Å². The van der Waals surface area contributed by atoms with Gasteiger partial charge in [-0.15, -0.1) is 0 Å². The van der Waals surface area contributed by atoms with Crippen LogP contribution in [-0.2, 0) is 0 Å². The number of aromatic nitrogens is 1. The van der Waals surface area contributed by atoms with Gasteiger partial charge in [-0.2, -0.15) is 0 Å². The zero-order valence-corrected chi connectivity index (χ0v) is 8.99. The van der Waals surface area contributed by atoms with Gasteiger partial charge in [0, 0.05) is 6.54 Å². The SMILES string of the molecule is CCCNC(=O)Nc1cccc(C(N)=O)n1. The Hall–Kier alpha value is -2.11. The van der Waals surface area contributed by atoms with Crippen molar-refractivity contribution in [1.29, 1.82) is 0 Å². The molecule has 1 rings (SSSR count). The number of rotatable bonds is 4. The van der Waals surface area contributed by atoms with Crippen LogP contribution in [0, 0.1) is 0 Å². The quantitative estimate of drug-likeness (QED) is 0.699. The maximum absolute atomic E-state index is 11.3. The molecule has 0 saturated carbocycles. The second kappa shape index (κ2) is 5.69. The molecule has 0 aliphatic heterocycles. The van der Waals surface area contributed by atoms with Crippen LogP contribution in [0.1, 0.15) is 23.8 Å². The van der Waals surface area contributed by atoms with Crippen LogP contribution in [0.15, 0.2) is 18.2 Å². The molecule has 6 nitrogen and oxygen atoms in total. The highest BCUT2D eigenvalue weighted by Crippen LogP contribution is 2.03. The lowest BCUT2D eigenvalue weighted by Gasteiger charge is -2.06. The van der Waals surface area contributed by atoms with Crippen LogP contribution in [0.2, 0.25) is 0 Å². The standard InChI is InChI=1S/C10H14N4O2/c1-2-6-12-10(16)14-8-5-3-4-7(13-8)9(11)15/h3-5H,2,6H2,1H3,(H2,11,15)(H2,12,13,14,16). The zero-order chi connectivity index (χ0) is 12.0. The Kier molecular flexibility index (Phi) is 4.26. The molecule has 0 saturated heterocycles. The minimum Gasteiger partial charge on any atom is -0.364 e. The Morgan fingerprint density at radius 3 is 2.81 bits per heavy atom. The summed E-state index contributed by atoms with van der Waals surface area (Å²) in [6.07, 6.45) is 0.849. The van der Waals surface area contributed by atoms with Gasteiger partial charge in [0.05, 0.1) is 0 Å². The molecule has 0 aromatic carbocycles. The van der Waals surface area contributed by atoms with Crippen LogP contribution in [-0.4, -0.2) is 23.5 Å². The van der Waals surface area contributed by atoms with Crippen molar-refractivity contribution in [3.63, 3.8) is 0 Å². The molecule has 0 unspecified atom stereocenters. The van der Waals surface area contributed by atoms with Crippen molar-refractivity contribution in [1.82, 2.24) is 10.3 Å². The molecule has 3 amide bonds. The summed E-state index contributed by atoms with van der Waals surface area (Å²) in [5, 5.41) is 5.13. The van der Waals surface area contributed by atoms with Crippen LogP contribution in [0.5, 0.6) is 0 Å². The highest BCUT2D eigenvalue weighted by molar-refractivity contribution is 5.92. The second-order valence-corrected chi connectivity index (χ2v) is 3.15. The third kappa shape index (κ3) is 3.56. The number of amides is 3. The second-order valence-electron chi connectivity index (χ2n) is 3.15. The summed E-state index contributed by atoms with van der Waals surface area (Å²) < 4.78 is 0. The number of hydrogen-bond acceptors (Lipinski definition) is 3. The molecule has 0 aliphatic carbocycles. The van der Waals surface area contributed by atoms with E-state index < -0.39 is 5.91 Å². The van der Waals surface area contributed by atoms with Gasteiger partial charge < -0.3 is 11.1 Å². The lowest BCUT2D eigenvalue weighted by atomic mass is 10.3. The Balaban J connectivity index is 2.63. The summed E-state index contributed by atoms with van der Waals surface area (Å²) in [7, 11) is 0. The molecule has 0 bridgehead atoms. The molecule has 0 spiro atoms. The Labute approximate surface area is 93.2 Å². The van der Waals surface area contributed by atoms with E-state index in [1.54, 1.807) is 12.1 Å². The lowest BCUT2D eigenvalue weighted by Crippen LogP contribution is -2.29. The maximum Gasteiger partial charge on any atom is 0.320 e. The monoisotopic (exact) mass is 222 g/mol. The van der Waals surface area contributed by atoms with E-state index in [4.69, 9.17) is 5.73 Å². The van der Waals surface area contributed by atoms with Crippen LogP contribution in [0.3, 0.4) is 0 Å². The van der Waals surface area contributed by atoms with Gasteiger partial charge in [0.25, 0.3) is 5.91 Å². The van der Waals surface area contributed by atoms with Gasteiger partial charge in [-0.1, -0.05) is 13.0 Å². The van der Waals surface area contributed by atoms with Gasteiger partial charge in [-0.3, -0.25) is 10.1 Å². The minimum atomic E-state index is -0.627. The van der Waals surface area contributed by atoms with Gasteiger partial charge in [-0.05, 0) is 18.6 Å². The molecule has 16 heavy (non-hydrogen) atoms. The Morgan fingerprint density at radius 2 is 2.19 bits per heavy atom. The van der Waals surface area contributed by atoms with E-state index in [9.17, 15) is 9.59 Å². The number of primary amides is 1. The van der Waals surface area contributed by atoms with Crippen LogP contribution >= 0.6 is 0 Å². The number of nitrogens with one attached hydrogen (secondary N) is 2. The first kappa shape index (κ1) is 12.0. The molecule has 1 aromatic rings. The summed E-state index contributed by atoms with van der Waals surface area (Å²) in [6, 6.07) is 4.31. The van der Waals surface area contributed by atoms with Gasteiger partial charge >= 0.3 is 6.03 Å². The van der Waals surface area contributed by atoms with Crippen molar-refractivity contribution in [3.8, 4) is 0 Å². The highest BCUT2D eigenvalue weighted by Gasteiger charge is 2.05. The number of anilines is 1. The predicted molar refractivity (Wildman–Crippen MR) is 60.1 cm³/mol. The molecule has 1 heterocycles. The van der Waals surface area contributed by atoms with Gasteiger partial charge in [0.2, 0.25) is 0 Å². The third-order valence-corrected chi connectivity index (χ3v) is 1.78. The van der Waals surface area contributed by atoms with Crippen molar-refractivity contribution in [2.75, 3.05) is 11.9 Å². The van der Waals surface area contributed by atoms with Crippen molar-refractivity contribution in [2.45, 2.75) is 13.3 Å².